The molecule has 0 aromatic rings. The third kappa shape index (κ3) is 9.48. The van der Waals surface area contributed by atoms with Crippen molar-refractivity contribution in [1.29, 1.82) is 0 Å². The Hall–Kier alpha value is -0.517. The van der Waals surface area contributed by atoms with E-state index in [0.29, 0.717) is 0 Å². The maximum atomic E-state index is 9.67. The van der Waals surface area contributed by atoms with Crippen LogP contribution in [0, 0.1) is 0 Å². The van der Waals surface area contributed by atoms with Gasteiger partial charge < -0.3 is 25.0 Å². The number of carbonyl (C=O) groups excluding carboxylic acids is 2. The predicted octanol–water partition coefficient (Wildman–Crippen LogP) is -3.83. The molecule has 0 aliphatic carbocycles. The second-order valence-corrected chi connectivity index (χ2v) is 1.57. The van der Waals surface area contributed by atoms with Crippen molar-refractivity contribution in [1.82, 2.24) is 5.06 Å². The third-order valence-corrected chi connectivity index (χ3v) is 0.623. The minimum Gasteiger partial charge on any atom is -0.549 e. The first kappa shape index (κ1) is 13.1. The van der Waals surface area contributed by atoms with Crippen LogP contribution in [-0.2, 0) is 29.1 Å². The van der Waals surface area contributed by atoms with Crippen molar-refractivity contribution in [2.45, 2.75) is 0 Å². The van der Waals surface area contributed by atoms with Crippen LogP contribution in [0.5, 0.6) is 0 Å². The Morgan fingerprint density at radius 2 is 1.45 bits per heavy atom. The van der Waals surface area contributed by atoms with E-state index >= 15 is 0 Å². The van der Waals surface area contributed by atoms with Crippen LogP contribution in [-0.4, -0.2) is 35.3 Å². The summed E-state index contributed by atoms with van der Waals surface area (Å²) in [6.07, 6.45) is 0. The maximum Gasteiger partial charge on any atom is 2.00 e. The van der Waals surface area contributed by atoms with E-state index in [2.05, 4.69) is 0 Å². The number of carbonyl (C=O) groups is 2. The molecule has 0 amide bonds. The van der Waals surface area contributed by atoms with Crippen molar-refractivity contribution in [2.24, 2.45) is 0 Å². The van der Waals surface area contributed by atoms with E-state index in [1.807, 2.05) is 0 Å². The maximum absolute atomic E-state index is 9.67. The molecular formula is C4H5NO5Zn. The molecule has 0 bridgehead atoms. The average molecular weight is 212 g/mol. The van der Waals surface area contributed by atoms with E-state index in [9.17, 15) is 19.8 Å². The van der Waals surface area contributed by atoms with Gasteiger partial charge in [0.1, 0.15) is 0 Å². The van der Waals surface area contributed by atoms with Gasteiger partial charge in [0, 0.05) is 0 Å². The number of nitrogens with zero attached hydrogens (tertiary/aromatic N) is 1. The molecule has 0 rings (SSSR count). The first-order valence-electron chi connectivity index (χ1n) is 2.36. The van der Waals surface area contributed by atoms with E-state index in [0.717, 1.165) is 0 Å². The molecule has 0 unspecified atom stereocenters. The molecule has 0 aromatic carbocycles. The minimum absolute atomic E-state index is 0. The van der Waals surface area contributed by atoms with E-state index in [1.165, 1.54) is 0 Å². The fraction of sp³-hybridized carbons (Fsp3) is 0.500. The summed E-state index contributed by atoms with van der Waals surface area (Å²) in [5.74, 6) is -3.10. The van der Waals surface area contributed by atoms with Crippen LogP contribution in [0.2, 0.25) is 0 Å². The Morgan fingerprint density at radius 1 is 1.18 bits per heavy atom. The standard InChI is InChI=1S/C4H7NO5.Zn/c6-3(7)1-5(10)2-4(8)9;/h10H,1-2H2,(H,6,7)(H,8,9);/q;+2/p-2. The first-order valence-corrected chi connectivity index (χ1v) is 2.36. The average Bonchev–Trinajstić information content (AvgIpc) is 1.58. The zero-order chi connectivity index (χ0) is 8.15. The molecular weight excluding hydrogens is 207 g/mol. The molecule has 0 saturated heterocycles. The van der Waals surface area contributed by atoms with Gasteiger partial charge >= 0.3 is 19.5 Å². The number of aliphatic carboxylic acids is 2. The summed E-state index contributed by atoms with van der Waals surface area (Å²) >= 11 is 0. The van der Waals surface area contributed by atoms with Crippen molar-refractivity contribution < 1.29 is 44.5 Å². The summed E-state index contributed by atoms with van der Waals surface area (Å²) < 4.78 is 0. The second-order valence-electron chi connectivity index (χ2n) is 1.57. The molecule has 11 heavy (non-hydrogen) atoms. The Kier molecular flexibility index (Phi) is 7.40. The van der Waals surface area contributed by atoms with Crippen LogP contribution >= 0.6 is 0 Å². The zero-order valence-electron chi connectivity index (χ0n) is 5.65. The van der Waals surface area contributed by atoms with Gasteiger partial charge in [-0.3, -0.25) is 0 Å². The van der Waals surface area contributed by atoms with Gasteiger partial charge in [-0.15, -0.1) is 0 Å². The summed E-state index contributed by atoms with van der Waals surface area (Å²) in [5.41, 5.74) is 0. The van der Waals surface area contributed by atoms with Gasteiger partial charge in [-0.25, -0.2) is 0 Å². The number of rotatable bonds is 4. The van der Waals surface area contributed by atoms with Gasteiger partial charge in [-0.2, -0.15) is 5.06 Å². The van der Waals surface area contributed by atoms with Crippen molar-refractivity contribution in [3.8, 4) is 0 Å². The summed E-state index contributed by atoms with van der Waals surface area (Å²) in [5, 5.41) is 27.8. The third-order valence-electron chi connectivity index (χ3n) is 0.623. The van der Waals surface area contributed by atoms with E-state index in [-0.39, 0.29) is 24.5 Å². The first-order chi connectivity index (χ1) is 4.52. The van der Waals surface area contributed by atoms with Crippen molar-refractivity contribution in [3.05, 3.63) is 0 Å². The molecule has 0 radical (unpaired) electrons. The topological polar surface area (TPSA) is 104 Å². The van der Waals surface area contributed by atoms with Crippen molar-refractivity contribution >= 4 is 11.9 Å². The number of carboxylic acid groups (broad SMARTS) is 2. The molecule has 7 heteroatoms. The number of hydrogen-bond donors (Lipinski definition) is 1. The SMILES string of the molecule is O=C([O-])CN(O)CC(=O)[O-].[Zn+2]. The molecule has 0 atom stereocenters. The molecule has 0 fully saturated rings. The fourth-order valence-corrected chi connectivity index (χ4v) is 0.354. The predicted molar refractivity (Wildman–Crippen MR) is 23.4 cm³/mol. The Balaban J connectivity index is 0. The minimum atomic E-state index is -1.55. The van der Waals surface area contributed by atoms with Gasteiger partial charge in [-0.05, 0) is 0 Å². The van der Waals surface area contributed by atoms with Crippen LogP contribution in [0.15, 0.2) is 0 Å². The van der Waals surface area contributed by atoms with Crippen molar-refractivity contribution in [2.75, 3.05) is 13.1 Å². The molecule has 0 saturated carbocycles. The van der Waals surface area contributed by atoms with Gasteiger partial charge in [0.05, 0.1) is 25.0 Å². The molecule has 0 aliphatic heterocycles. The van der Waals surface area contributed by atoms with Gasteiger partial charge in [0.25, 0.3) is 0 Å². The summed E-state index contributed by atoms with van der Waals surface area (Å²) in [6.45, 7) is -1.68. The second kappa shape index (κ2) is 6.21. The monoisotopic (exact) mass is 211 g/mol. The van der Waals surface area contributed by atoms with Crippen LogP contribution in [0.25, 0.3) is 0 Å². The van der Waals surface area contributed by atoms with Crippen LogP contribution in [0.4, 0.5) is 0 Å². The van der Waals surface area contributed by atoms with Gasteiger partial charge in [0.15, 0.2) is 0 Å². The Bertz CT molecular complexity index is 133. The number of carboxylic acids is 2. The van der Waals surface area contributed by atoms with Crippen LogP contribution in [0.3, 0.4) is 0 Å². The summed E-state index contributed by atoms with van der Waals surface area (Å²) in [6, 6.07) is 0. The zero-order valence-corrected chi connectivity index (χ0v) is 8.62. The molecule has 1 N–H and O–H groups in total. The van der Waals surface area contributed by atoms with Crippen LogP contribution < -0.4 is 10.2 Å². The summed E-state index contributed by atoms with van der Waals surface area (Å²) in [4.78, 5) is 19.3. The normalized spacial score (nSPS) is 8.91. The number of hydroxylamine groups is 2. The van der Waals surface area contributed by atoms with Crippen molar-refractivity contribution in [3.63, 3.8) is 0 Å². The molecule has 0 heterocycles. The van der Waals surface area contributed by atoms with Crippen LogP contribution in [0.1, 0.15) is 0 Å². The van der Waals surface area contributed by atoms with Gasteiger partial charge in [0.2, 0.25) is 0 Å². The molecule has 0 aliphatic rings. The quantitative estimate of drug-likeness (QED) is 0.378. The molecule has 6 nitrogen and oxygen atoms in total. The Morgan fingerprint density at radius 3 is 1.64 bits per heavy atom. The molecule has 0 aromatic heterocycles. The molecule has 0 spiro atoms. The van der Waals surface area contributed by atoms with Gasteiger partial charge in [-0.1, -0.05) is 0 Å². The Labute approximate surface area is 75.1 Å². The summed E-state index contributed by atoms with van der Waals surface area (Å²) in [7, 11) is 0. The largest absolute Gasteiger partial charge is 2.00 e. The van der Waals surface area contributed by atoms with E-state index < -0.39 is 25.0 Å². The molecule has 58 valence electrons. The fourth-order valence-electron chi connectivity index (χ4n) is 0.354. The smallest absolute Gasteiger partial charge is 0.549 e. The van der Waals surface area contributed by atoms with E-state index in [1.54, 1.807) is 0 Å². The number of hydrogen-bond acceptors (Lipinski definition) is 6. The van der Waals surface area contributed by atoms with E-state index in [4.69, 9.17) is 5.21 Å².